The van der Waals surface area contributed by atoms with Gasteiger partial charge >= 0.3 is 0 Å². The molecular formula is C21H27N3. The number of rotatable bonds is 5. The lowest BCUT2D eigenvalue weighted by Crippen LogP contribution is -2.34. The predicted molar refractivity (Wildman–Crippen MR) is 98.9 cm³/mol. The summed E-state index contributed by atoms with van der Waals surface area (Å²) in [5.41, 5.74) is 2.79. The van der Waals surface area contributed by atoms with Crippen molar-refractivity contribution in [1.82, 2.24) is 9.88 Å². The van der Waals surface area contributed by atoms with Crippen molar-refractivity contribution in [2.45, 2.75) is 57.2 Å². The SMILES string of the molecule is c1ccc(CN2CCCC[C@@H]2c2cccnc2NC2CCC2)cc1. The van der Waals surface area contributed by atoms with E-state index in [0.29, 0.717) is 12.1 Å². The number of likely N-dealkylation sites (tertiary alicyclic amines) is 1. The van der Waals surface area contributed by atoms with E-state index in [1.807, 2.05) is 6.20 Å². The van der Waals surface area contributed by atoms with Gasteiger partial charge in [0, 0.05) is 30.4 Å². The van der Waals surface area contributed by atoms with Crippen molar-refractivity contribution in [1.29, 1.82) is 0 Å². The van der Waals surface area contributed by atoms with Crippen LogP contribution in [0.4, 0.5) is 5.82 Å². The summed E-state index contributed by atoms with van der Waals surface area (Å²) in [6, 6.07) is 16.3. The Bertz CT molecular complexity index is 651. The monoisotopic (exact) mass is 321 g/mol. The third kappa shape index (κ3) is 3.46. The molecule has 1 atom stereocenters. The smallest absolute Gasteiger partial charge is 0.130 e. The Morgan fingerprint density at radius 3 is 2.62 bits per heavy atom. The zero-order valence-electron chi connectivity index (χ0n) is 14.3. The summed E-state index contributed by atoms with van der Waals surface area (Å²) in [6.45, 7) is 2.21. The van der Waals surface area contributed by atoms with Gasteiger partial charge in [-0.05, 0) is 50.3 Å². The van der Waals surface area contributed by atoms with Crippen LogP contribution in [-0.4, -0.2) is 22.5 Å². The summed E-state index contributed by atoms with van der Waals surface area (Å²) in [5.74, 6) is 1.12. The van der Waals surface area contributed by atoms with Crippen LogP contribution in [-0.2, 0) is 6.54 Å². The fraction of sp³-hybridized carbons (Fsp3) is 0.476. The molecule has 3 heteroatoms. The van der Waals surface area contributed by atoms with E-state index in [2.05, 4.69) is 57.7 Å². The topological polar surface area (TPSA) is 28.2 Å². The van der Waals surface area contributed by atoms with E-state index >= 15 is 0 Å². The molecule has 1 aromatic heterocycles. The van der Waals surface area contributed by atoms with Crippen molar-refractivity contribution in [2.75, 3.05) is 11.9 Å². The van der Waals surface area contributed by atoms with Gasteiger partial charge in [-0.25, -0.2) is 4.98 Å². The van der Waals surface area contributed by atoms with Gasteiger partial charge in [0.1, 0.15) is 5.82 Å². The van der Waals surface area contributed by atoms with E-state index in [0.717, 1.165) is 12.4 Å². The van der Waals surface area contributed by atoms with Crippen LogP contribution in [0.5, 0.6) is 0 Å². The Hall–Kier alpha value is -1.87. The zero-order chi connectivity index (χ0) is 16.2. The molecule has 0 radical (unpaired) electrons. The highest BCUT2D eigenvalue weighted by molar-refractivity contribution is 5.47. The maximum Gasteiger partial charge on any atom is 0.130 e. The highest BCUT2D eigenvalue weighted by Crippen LogP contribution is 2.36. The highest BCUT2D eigenvalue weighted by atomic mass is 15.2. The van der Waals surface area contributed by atoms with Gasteiger partial charge in [0.2, 0.25) is 0 Å². The van der Waals surface area contributed by atoms with E-state index in [-0.39, 0.29) is 0 Å². The van der Waals surface area contributed by atoms with Gasteiger partial charge in [0.25, 0.3) is 0 Å². The molecular weight excluding hydrogens is 294 g/mol. The summed E-state index contributed by atoms with van der Waals surface area (Å²) in [4.78, 5) is 7.32. The van der Waals surface area contributed by atoms with Gasteiger partial charge in [-0.3, -0.25) is 4.90 Å². The molecule has 1 saturated heterocycles. The molecule has 1 aromatic carbocycles. The van der Waals surface area contributed by atoms with Crippen LogP contribution in [0.2, 0.25) is 0 Å². The molecule has 0 bridgehead atoms. The number of nitrogens with one attached hydrogen (secondary N) is 1. The molecule has 24 heavy (non-hydrogen) atoms. The number of nitrogens with zero attached hydrogens (tertiary/aromatic N) is 2. The van der Waals surface area contributed by atoms with Crippen molar-refractivity contribution in [3.8, 4) is 0 Å². The molecule has 1 aliphatic carbocycles. The lowest BCUT2D eigenvalue weighted by molar-refractivity contribution is 0.140. The fourth-order valence-corrected chi connectivity index (χ4v) is 3.90. The van der Waals surface area contributed by atoms with Crippen molar-refractivity contribution in [3.63, 3.8) is 0 Å². The summed E-state index contributed by atoms with van der Waals surface area (Å²) in [5, 5.41) is 3.69. The van der Waals surface area contributed by atoms with Crippen molar-refractivity contribution in [2.24, 2.45) is 0 Å². The first kappa shape index (κ1) is 15.6. The maximum absolute atomic E-state index is 4.68. The zero-order valence-corrected chi connectivity index (χ0v) is 14.3. The molecule has 4 rings (SSSR count). The van der Waals surface area contributed by atoms with E-state index in [1.165, 1.54) is 56.2 Å². The average Bonchev–Trinajstić information content (AvgIpc) is 2.60. The second-order valence-corrected chi connectivity index (χ2v) is 7.18. The number of piperidine rings is 1. The first-order chi connectivity index (χ1) is 11.9. The molecule has 0 unspecified atom stereocenters. The highest BCUT2D eigenvalue weighted by Gasteiger charge is 2.27. The standard InChI is InChI=1S/C21H27N3/c1-2-8-17(9-3-1)16-24-15-5-4-13-20(24)19-12-7-14-22-21(19)23-18-10-6-11-18/h1-3,7-9,12,14,18,20H,4-6,10-11,13,15-16H2,(H,22,23)/t20-/m1/s1. The molecule has 2 aliphatic rings. The van der Waals surface area contributed by atoms with Crippen molar-refractivity contribution < 1.29 is 0 Å². The molecule has 2 heterocycles. The largest absolute Gasteiger partial charge is 0.367 e. The first-order valence-electron chi connectivity index (χ1n) is 9.39. The van der Waals surface area contributed by atoms with E-state index < -0.39 is 0 Å². The number of benzene rings is 1. The van der Waals surface area contributed by atoms with Crippen LogP contribution >= 0.6 is 0 Å². The minimum atomic E-state index is 0.482. The molecule has 126 valence electrons. The summed E-state index contributed by atoms with van der Waals surface area (Å²) in [7, 11) is 0. The van der Waals surface area contributed by atoms with Crippen molar-refractivity contribution >= 4 is 5.82 Å². The second kappa shape index (κ2) is 7.35. The Kier molecular flexibility index (Phi) is 4.79. The maximum atomic E-state index is 4.68. The number of anilines is 1. The number of hydrogen-bond donors (Lipinski definition) is 1. The first-order valence-corrected chi connectivity index (χ1v) is 9.39. The Balaban J connectivity index is 1.56. The van der Waals surface area contributed by atoms with Gasteiger partial charge in [0.15, 0.2) is 0 Å². The van der Waals surface area contributed by atoms with Crippen LogP contribution in [0.15, 0.2) is 48.7 Å². The molecule has 3 nitrogen and oxygen atoms in total. The number of aromatic nitrogens is 1. The molecule has 2 fully saturated rings. The molecule has 2 aromatic rings. The molecule has 0 spiro atoms. The van der Waals surface area contributed by atoms with Gasteiger partial charge in [-0.15, -0.1) is 0 Å². The van der Waals surface area contributed by atoms with Crippen LogP contribution < -0.4 is 5.32 Å². The number of pyridine rings is 1. The Labute approximate surface area is 145 Å². The van der Waals surface area contributed by atoms with Gasteiger partial charge < -0.3 is 5.32 Å². The molecule has 1 aliphatic heterocycles. The lowest BCUT2D eigenvalue weighted by Gasteiger charge is -2.37. The minimum absolute atomic E-state index is 0.482. The van der Waals surface area contributed by atoms with Crippen LogP contribution in [0, 0.1) is 0 Å². The van der Waals surface area contributed by atoms with Crippen molar-refractivity contribution in [3.05, 3.63) is 59.8 Å². The Morgan fingerprint density at radius 1 is 0.958 bits per heavy atom. The molecule has 1 N–H and O–H groups in total. The normalized spacial score (nSPS) is 22.1. The summed E-state index contributed by atoms with van der Waals surface area (Å²) < 4.78 is 0. The molecule has 0 amide bonds. The number of hydrogen-bond acceptors (Lipinski definition) is 3. The predicted octanol–water partition coefficient (Wildman–Crippen LogP) is 4.77. The molecule has 1 saturated carbocycles. The van der Waals surface area contributed by atoms with Gasteiger partial charge in [-0.2, -0.15) is 0 Å². The second-order valence-electron chi connectivity index (χ2n) is 7.18. The third-order valence-electron chi connectivity index (χ3n) is 5.49. The Morgan fingerprint density at radius 2 is 1.83 bits per heavy atom. The van der Waals surface area contributed by atoms with E-state index in [1.54, 1.807) is 0 Å². The fourth-order valence-electron chi connectivity index (χ4n) is 3.90. The van der Waals surface area contributed by atoms with Gasteiger partial charge in [0.05, 0.1) is 0 Å². The van der Waals surface area contributed by atoms with Crippen LogP contribution in [0.25, 0.3) is 0 Å². The quantitative estimate of drug-likeness (QED) is 0.859. The summed E-state index contributed by atoms with van der Waals surface area (Å²) in [6.07, 6.45) is 9.70. The third-order valence-corrected chi connectivity index (χ3v) is 5.49. The average molecular weight is 321 g/mol. The minimum Gasteiger partial charge on any atom is -0.367 e. The van der Waals surface area contributed by atoms with E-state index in [4.69, 9.17) is 0 Å². The lowest BCUT2D eigenvalue weighted by atomic mass is 9.91. The van der Waals surface area contributed by atoms with Crippen LogP contribution in [0.3, 0.4) is 0 Å². The van der Waals surface area contributed by atoms with E-state index in [9.17, 15) is 0 Å². The summed E-state index contributed by atoms with van der Waals surface area (Å²) >= 11 is 0. The van der Waals surface area contributed by atoms with Crippen LogP contribution in [0.1, 0.15) is 55.7 Å². The van der Waals surface area contributed by atoms with Gasteiger partial charge in [-0.1, -0.05) is 42.8 Å².